The van der Waals surface area contributed by atoms with Crippen LogP contribution in [0, 0.1) is 5.92 Å². The summed E-state index contributed by atoms with van der Waals surface area (Å²) in [5.41, 5.74) is 1.81. The molecule has 4 rings (SSSR count). The summed E-state index contributed by atoms with van der Waals surface area (Å²) in [6.07, 6.45) is 3.27. The monoisotopic (exact) mass is 462 g/mol. The number of hydrogen-bond acceptors (Lipinski definition) is 5. The van der Waals surface area contributed by atoms with Crippen molar-refractivity contribution in [2.45, 2.75) is 30.7 Å². The second-order valence-corrected chi connectivity index (χ2v) is 11.0. The van der Waals surface area contributed by atoms with E-state index in [2.05, 4.69) is 15.6 Å². The first kappa shape index (κ1) is 21.9. The number of sulfonamides is 1. The van der Waals surface area contributed by atoms with Gasteiger partial charge in [0.15, 0.2) is 0 Å². The Kier molecular flexibility index (Phi) is 6.40. The number of amides is 2. The number of aromatic nitrogens is 1. The average molecular weight is 463 g/mol. The second kappa shape index (κ2) is 9.05. The Balaban J connectivity index is 1.37. The molecular formula is C21H26N4O4S2. The molecule has 0 radical (unpaired) electrons. The maximum atomic E-state index is 12.8. The molecule has 2 aromatic rings. The van der Waals surface area contributed by atoms with E-state index >= 15 is 0 Å². The molecule has 2 aliphatic rings. The van der Waals surface area contributed by atoms with Crippen LogP contribution in [0.2, 0.25) is 0 Å². The molecular weight excluding hydrogens is 436 g/mol. The first-order valence-electron chi connectivity index (χ1n) is 10.3. The average Bonchev–Trinajstić information content (AvgIpc) is 3.50. The van der Waals surface area contributed by atoms with Crippen molar-refractivity contribution >= 4 is 39.3 Å². The van der Waals surface area contributed by atoms with Crippen molar-refractivity contribution in [2.24, 2.45) is 5.92 Å². The summed E-state index contributed by atoms with van der Waals surface area (Å²) in [7, 11) is -3.60. The van der Waals surface area contributed by atoms with Crippen molar-refractivity contribution in [1.29, 1.82) is 0 Å². The van der Waals surface area contributed by atoms with E-state index in [-0.39, 0.29) is 34.4 Å². The Hall–Kier alpha value is -2.30. The van der Waals surface area contributed by atoms with Crippen LogP contribution in [-0.4, -0.2) is 54.1 Å². The molecule has 1 unspecified atom stereocenters. The topological polar surface area (TPSA) is 111 Å². The summed E-state index contributed by atoms with van der Waals surface area (Å²) in [5, 5.41) is 5.76. The van der Waals surface area contributed by atoms with Crippen LogP contribution >= 0.6 is 11.8 Å². The summed E-state index contributed by atoms with van der Waals surface area (Å²) in [5.74, 6) is 1.36. The molecule has 1 saturated carbocycles. The van der Waals surface area contributed by atoms with Gasteiger partial charge in [0.2, 0.25) is 15.9 Å². The molecule has 1 aromatic carbocycles. The van der Waals surface area contributed by atoms with Gasteiger partial charge in [0.05, 0.1) is 6.04 Å². The summed E-state index contributed by atoms with van der Waals surface area (Å²) in [6.45, 7) is 2.81. The Morgan fingerprint density at radius 2 is 1.84 bits per heavy atom. The fourth-order valence-corrected chi connectivity index (χ4v) is 5.96. The molecule has 2 fully saturated rings. The minimum absolute atomic E-state index is 0.0508. The van der Waals surface area contributed by atoms with Crippen LogP contribution < -0.4 is 10.6 Å². The number of hydrogen-bond donors (Lipinski definition) is 3. The lowest BCUT2D eigenvalue weighted by molar-refractivity contribution is -0.117. The Morgan fingerprint density at radius 1 is 1.16 bits per heavy atom. The molecule has 1 aliphatic carbocycles. The number of carbonyl (C=O) groups is 2. The number of H-pyrrole nitrogens is 1. The maximum Gasteiger partial charge on any atom is 0.268 e. The van der Waals surface area contributed by atoms with E-state index in [0.29, 0.717) is 13.1 Å². The van der Waals surface area contributed by atoms with Crippen molar-refractivity contribution in [1.82, 2.24) is 14.6 Å². The zero-order valence-electron chi connectivity index (χ0n) is 17.3. The maximum absolute atomic E-state index is 12.8. The molecule has 1 aromatic heterocycles. The van der Waals surface area contributed by atoms with Gasteiger partial charge in [0.1, 0.15) is 10.6 Å². The van der Waals surface area contributed by atoms with Crippen LogP contribution in [0.25, 0.3) is 0 Å². The second-order valence-electron chi connectivity index (χ2n) is 7.85. The van der Waals surface area contributed by atoms with Gasteiger partial charge in [-0.3, -0.25) is 9.59 Å². The normalized spacial score (nSPS) is 18.4. The lowest BCUT2D eigenvalue weighted by atomic mass is 10.1. The third kappa shape index (κ3) is 5.13. The highest BCUT2D eigenvalue weighted by atomic mass is 32.2. The molecule has 2 heterocycles. The van der Waals surface area contributed by atoms with Gasteiger partial charge in [-0.2, -0.15) is 16.1 Å². The molecule has 0 spiro atoms. The van der Waals surface area contributed by atoms with Crippen molar-refractivity contribution < 1.29 is 18.0 Å². The van der Waals surface area contributed by atoms with Crippen LogP contribution in [0.15, 0.2) is 41.4 Å². The highest BCUT2D eigenvalue weighted by Crippen LogP contribution is 2.30. The van der Waals surface area contributed by atoms with Crippen LogP contribution in [0.1, 0.15) is 41.9 Å². The number of nitrogens with one attached hydrogen (secondary N) is 3. The fraction of sp³-hybridized carbons (Fsp3) is 0.429. The van der Waals surface area contributed by atoms with E-state index in [4.69, 9.17) is 0 Å². The predicted octanol–water partition coefficient (Wildman–Crippen LogP) is 2.59. The van der Waals surface area contributed by atoms with Gasteiger partial charge < -0.3 is 15.6 Å². The molecule has 3 N–H and O–H groups in total. The highest BCUT2D eigenvalue weighted by molar-refractivity contribution is 7.99. The van der Waals surface area contributed by atoms with E-state index in [1.54, 1.807) is 11.8 Å². The molecule has 1 atom stereocenters. The fourth-order valence-electron chi connectivity index (χ4n) is 3.39. The van der Waals surface area contributed by atoms with Crippen molar-refractivity contribution in [3.8, 4) is 0 Å². The summed E-state index contributed by atoms with van der Waals surface area (Å²) in [6, 6.07) is 8.43. The standard InChI is InChI=1S/C21H26N4O4S2/c1-14(15-4-6-17(7-5-15)24-20(26)16-2-3-16)23-21(27)19-12-18(13-22-19)31(28,29)25-8-10-30-11-9-25/h4-7,12-14,16,22H,2-3,8-11H2,1H3,(H,23,27)(H,24,26). The Bertz CT molecular complexity index is 1060. The van der Waals surface area contributed by atoms with Crippen molar-refractivity contribution in [3.05, 3.63) is 47.8 Å². The first-order valence-corrected chi connectivity index (χ1v) is 12.9. The Morgan fingerprint density at radius 3 is 2.48 bits per heavy atom. The van der Waals surface area contributed by atoms with Gasteiger partial charge in [0.25, 0.3) is 5.91 Å². The molecule has 1 saturated heterocycles. The van der Waals surface area contributed by atoms with E-state index in [1.807, 2.05) is 31.2 Å². The van der Waals surface area contributed by atoms with Gasteiger partial charge in [0, 0.05) is 42.4 Å². The summed E-state index contributed by atoms with van der Waals surface area (Å²) >= 11 is 1.73. The third-order valence-corrected chi connectivity index (χ3v) is 8.30. The summed E-state index contributed by atoms with van der Waals surface area (Å²) < 4.78 is 27.0. The largest absolute Gasteiger partial charge is 0.356 e. The van der Waals surface area contributed by atoms with Gasteiger partial charge in [-0.1, -0.05) is 12.1 Å². The lowest BCUT2D eigenvalue weighted by Crippen LogP contribution is -2.37. The van der Waals surface area contributed by atoms with E-state index in [9.17, 15) is 18.0 Å². The van der Waals surface area contributed by atoms with Gasteiger partial charge in [-0.05, 0) is 43.5 Å². The van der Waals surface area contributed by atoms with E-state index < -0.39 is 10.0 Å². The number of anilines is 1. The third-order valence-electron chi connectivity index (χ3n) is 5.48. The van der Waals surface area contributed by atoms with Crippen molar-refractivity contribution in [2.75, 3.05) is 29.9 Å². The number of thioether (sulfide) groups is 1. The van der Waals surface area contributed by atoms with Crippen LogP contribution in [0.3, 0.4) is 0 Å². The number of nitrogens with zero attached hydrogens (tertiary/aromatic N) is 1. The number of rotatable bonds is 7. The quantitative estimate of drug-likeness (QED) is 0.586. The molecule has 10 heteroatoms. The molecule has 31 heavy (non-hydrogen) atoms. The minimum atomic E-state index is -3.60. The first-order chi connectivity index (χ1) is 14.8. The van der Waals surface area contributed by atoms with Gasteiger partial charge in [-0.15, -0.1) is 0 Å². The number of aromatic amines is 1. The van der Waals surface area contributed by atoms with E-state index in [1.165, 1.54) is 16.6 Å². The SMILES string of the molecule is CC(NC(=O)c1cc(S(=O)(=O)N2CCSCC2)c[nH]1)c1ccc(NC(=O)C2CC2)cc1. The predicted molar refractivity (Wildman–Crippen MR) is 121 cm³/mol. The summed E-state index contributed by atoms with van der Waals surface area (Å²) in [4.78, 5) is 27.4. The van der Waals surface area contributed by atoms with Gasteiger partial charge in [-0.25, -0.2) is 8.42 Å². The Labute approximate surface area is 186 Å². The highest BCUT2D eigenvalue weighted by Gasteiger charge is 2.30. The lowest BCUT2D eigenvalue weighted by Gasteiger charge is -2.24. The molecule has 2 amide bonds. The van der Waals surface area contributed by atoms with Crippen LogP contribution in [0.5, 0.6) is 0 Å². The van der Waals surface area contributed by atoms with Crippen LogP contribution in [0.4, 0.5) is 5.69 Å². The molecule has 8 nitrogen and oxygen atoms in total. The van der Waals surface area contributed by atoms with Gasteiger partial charge >= 0.3 is 0 Å². The van der Waals surface area contributed by atoms with E-state index in [0.717, 1.165) is 35.6 Å². The zero-order chi connectivity index (χ0) is 22.0. The minimum Gasteiger partial charge on any atom is -0.356 e. The van der Waals surface area contributed by atoms with Crippen LogP contribution in [-0.2, 0) is 14.8 Å². The number of carbonyl (C=O) groups excluding carboxylic acids is 2. The molecule has 166 valence electrons. The zero-order valence-corrected chi connectivity index (χ0v) is 18.9. The van der Waals surface area contributed by atoms with Crippen molar-refractivity contribution in [3.63, 3.8) is 0 Å². The smallest absolute Gasteiger partial charge is 0.268 e. The number of benzene rings is 1. The molecule has 1 aliphatic heterocycles. The molecule has 0 bridgehead atoms.